The summed E-state index contributed by atoms with van der Waals surface area (Å²) >= 11 is 0. The number of carbonyl (C=O) groups is 1. The van der Waals surface area contributed by atoms with Gasteiger partial charge in [-0.1, -0.05) is 98.1 Å². The molecule has 210 valence electrons. The van der Waals surface area contributed by atoms with Gasteiger partial charge in [0, 0.05) is 6.42 Å². The van der Waals surface area contributed by atoms with Crippen LogP contribution in [0.2, 0.25) is 0 Å². The minimum absolute atomic E-state index is 0.192. The van der Waals surface area contributed by atoms with E-state index in [-0.39, 0.29) is 24.4 Å². The van der Waals surface area contributed by atoms with E-state index in [0.717, 1.165) is 30.4 Å². The summed E-state index contributed by atoms with van der Waals surface area (Å²) in [7, 11) is -4.64. The molecule has 3 unspecified atom stereocenters. The van der Waals surface area contributed by atoms with E-state index in [4.69, 9.17) is 9.26 Å². The van der Waals surface area contributed by atoms with Crippen LogP contribution in [0.3, 0.4) is 0 Å². The molecular weight excluding hydrogens is 499 g/mol. The third kappa shape index (κ3) is 16.4. The zero-order chi connectivity index (χ0) is 28.4. The highest BCUT2D eigenvalue weighted by molar-refractivity contribution is 7.46. The summed E-state index contributed by atoms with van der Waals surface area (Å²) in [6, 6.07) is 0. The molecular formula is C31H45O6P. The number of ether oxygens (including phenoxy) is 1. The zero-order valence-corrected chi connectivity index (χ0v) is 24.0. The van der Waals surface area contributed by atoms with Crippen molar-refractivity contribution in [2.24, 2.45) is 5.92 Å². The number of esters is 1. The van der Waals surface area contributed by atoms with Crippen molar-refractivity contribution in [3.63, 3.8) is 0 Å². The molecule has 0 aromatic rings. The highest BCUT2D eigenvalue weighted by Gasteiger charge is 2.23. The minimum atomic E-state index is -4.64. The SMILES string of the molecule is C=CC=C(C)CCC1CC=CC=C(C)C(OP(=O)(O)O)CCC=CC=CC=CCCC(C)C(=C)CC(=O)O1. The topological polar surface area (TPSA) is 93.1 Å². The van der Waals surface area contributed by atoms with Crippen molar-refractivity contribution in [1.82, 2.24) is 0 Å². The molecule has 0 saturated heterocycles. The van der Waals surface area contributed by atoms with Crippen molar-refractivity contribution in [3.8, 4) is 0 Å². The summed E-state index contributed by atoms with van der Waals surface area (Å²) in [4.78, 5) is 31.4. The molecule has 0 amide bonds. The first-order valence-corrected chi connectivity index (χ1v) is 14.8. The molecule has 0 aromatic heterocycles. The van der Waals surface area contributed by atoms with E-state index < -0.39 is 13.9 Å². The highest BCUT2D eigenvalue weighted by atomic mass is 31.2. The second-order valence-electron chi connectivity index (χ2n) is 9.69. The van der Waals surface area contributed by atoms with E-state index >= 15 is 0 Å². The van der Waals surface area contributed by atoms with Crippen molar-refractivity contribution in [2.45, 2.75) is 84.3 Å². The van der Waals surface area contributed by atoms with Gasteiger partial charge in [0.2, 0.25) is 0 Å². The molecule has 0 aromatic carbocycles. The maximum Gasteiger partial charge on any atom is 0.470 e. The number of carbonyl (C=O) groups excluding carboxylic acids is 1. The number of cyclic esters (lactones) is 1. The fourth-order valence-electron chi connectivity index (χ4n) is 3.85. The molecule has 38 heavy (non-hydrogen) atoms. The summed E-state index contributed by atoms with van der Waals surface area (Å²) in [5.41, 5.74) is 2.72. The summed E-state index contributed by atoms with van der Waals surface area (Å²) in [5, 5.41) is 0. The predicted octanol–water partition coefficient (Wildman–Crippen LogP) is 8.01. The smallest absolute Gasteiger partial charge is 0.462 e. The van der Waals surface area contributed by atoms with Gasteiger partial charge < -0.3 is 14.5 Å². The molecule has 7 heteroatoms. The second kappa shape index (κ2) is 18.7. The lowest BCUT2D eigenvalue weighted by Gasteiger charge is -2.19. The fraction of sp³-hybridized carbons (Fsp3) is 0.452. The molecule has 1 heterocycles. The Bertz CT molecular complexity index is 992. The third-order valence-corrected chi connectivity index (χ3v) is 6.79. The Morgan fingerprint density at radius 2 is 1.79 bits per heavy atom. The first kappa shape index (κ1) is 33.5. The van der Waals surface area contributed by atoms with E-state index in [1.165, 1.54) is 0 Å². The molecule has 1 aliphatic heterocycles. The van der Waals surface area contributed by atoms with Gasteiger partial charge >= 0.3 is 13.8 Å². The van der Waals surface area contributed by atoms with Crippen LogP contribution in [-0.4, -0.2) is 28.0 Å². The van der Waals surface area contributed by atoms with Crippen LogP contribution in [0.5, 0.6) is 0 Å². The van der Waals surface area contributed by atoms with Gasteiger partial charge in [0.25, 0.3) is 0 Å². The van der Waals surface area contributed by atoms with Crippen molar-refractivity contribution >= 4 is 13.8 Å². The maximum absolute atomic E-state index is 12.7. The van der Waals surface area contributed by atoms with Gasteiger partial charge in [-0.05, 0) is 63.9 Å². The molecule has 6 nitrogen and oxygen atoms in total. The molecule has 0 fully saturated rings. The molecule has 0 spiro atoms. The number of hydrogen-bond acceptors (Lipinski definition) is 4. The van der Waals surface area contributed by atoms with Crippen molar-refractivity contribution in [1.29, 1.82) is 0 Å². The van der Waals surface area contributed by atoms with Crippen molar-refractivity contribution < 1.29 is 28.4 Å². The number of hydrogen-bond donors (Lipinski definition) is 2. The van der Waals surface area contributed by atoms with E-state index in [1.54, 1.807) is 19.1 Å². The Labute approximate surface area is 229 Å². The summed E-state index contributed by atoms with van der Waals surface area (Å²) in [6.45, 7) is 13.7. The van der Waals surface area contributed by atoms with Crippen LogP contribution in [0.25, 0.3) is 0 Å². The Hall–Kier alpha value is -2.50. The fourth-order valence-corrected chi connectivity index (χ4v) is 4.45. The zero-order valence-electron chi connectivity index (χ0n) is 23.1. The lowest BCUT2D eigenvalue weighted by molar-refractivity contribution is -0.148. The van der Waals surface area contributed by atoms with Gasteiger partial charge in [-0.3, -0.25) is 9.32 Å². The predicted molar refractivity (Wildman–Crippen MR) is 156 cm³/mol. The average Bonchev–Trinajstić information content (AvgIpc) is 2.83. The minimum Gasteiger partial charge on any atom is -0.462 e. The summed E-state index contributed by atoms with van der Waals surface area (Å²) < 4.78 is 22.4. The van der Waals surface area contributed by atoms with Gasteiger partial charge in [0.05, 0.1) is 12.5 Å². The van der Waals surface area contributed by atoms with Crippen molar-refractivity contribution in [3.05, 3.63) is 96.7 Å². The quantitative estimate of drug-likeness (QED) is 0.152. The van der Waals surface area contributed by atoms with Gasteiger partial charge in [-0.2, -0.15) is 0 Å². The van der Waals surface area contributed by atoms with Crippen LogP contribution in [0, 0.1) is 5.92 Å². The Morgan fingerprint density at radius 3 is 2.42 bits per heavy atom. The van der Waals surface area contributed by atoms with Crippen LogP contribution >= 0.6 is 7.82 Å². The molecule has 0 aliphatic carbocycles. The van der Waals surface area contributed by atoms with Gasteiger partial charge in [-0.15, -0.1) is 0 Å². The number of rotatable bonds is 6. The molecule has 3 atom stereocenters. The molecule has 1 aliphatic rings. The summed E-state index contributed by atoms with van der Waals surface area (Å²) in [6.07, 6.45) is 24.9. The maximum atomic E-state index is 12.7. The van der Waals surface area contributed by atoms with E-state index in [1.807, 2.05) is 55.5 Å². The Kier molecular flexibility index (Phi) is 16.5. The van der Waals surface area contributed by atoms with E-state index in [9.17, 15) is 19.1 Å². The molecule has 2 N–H and O–H groups in total. The first-order chi connectivity index (χ1) is 18.0. The number of allylic oxidation sites excluding steroid dienone is 11. The van der Waals surface area contributed by atoms with Crippen LogP contribution in [0.4, 0.5) is 0 Å². The van der Waals surface area contributed by atoms with Gasteiger partial charge in [-0.25, -0.2) is 4.57 Å². The third-order valence-electron chi connectivity index (χ3n) is 6.26. The van der Waals surface area contributed by atoms with Crippen LogP contribution in [0.1, 0.15) is 72.1 Å². The Morgan fingerprint density at radius 1 is 1.13 bits per heavy atom. The lowest BCUT2D eigenvalue weighted by Crippen LogP contribution is -2.19. The van der Waals surface area contributed by atoms with Crippen LogP contribution in [0.15, 0.2) is 96.7 Å². The van der Waals surface area contributed by atoms with E-state index in [0.29, 0.717) is 31.3 Å². The highest BCUT2D eigenvalue weighted by Crippen LogP contribution is 2.40. The Balaban J connectivity index is 3.11. The van der Waals surface area contributed by atoms with Gasteiger partial charge in [0.15, 0.2) is 0 Å². The van der Waals surface area contributed by atoms with Crippen LogP contribution < -0.4 is 0 Å². The monoisotopic (exact) mass is 544 g/mol. The summed E-state index contributed by atoms with van der Waals surface area (Å²) in [5.74, 6) is -0.0682. The number of phosphoric ester groups is 1. The van der Waals surface area contributed by atoms with Gasteiger partial charge in [0.1, 0.15) is 6.10 Å². The second-order valence-corrected chi connectivity index (χ2v) is 10.9. The average molecular weight is 545 g/mol. The largest absolute Gasteiger partial charge is 0.470 e. The first-order valence-electron chi connectivity index (χ1n) is 13.2. The van der Waals surface area contributed by atoms with E-state index in [2.05, 4.69) is 26.2 Å². The van der Waals surface area contributed by atoms with Crippen LogP contribution in [-0.2, 0) is 18.6 Å². The molecule has 0 saturated carbocycles. The molecule has 0 radical (unpaired) electrons. The lowest BCUT2D eigenvalue weighted by atomic mass is 9.95. The molecule has 0 bridgehead atoms. The van der Waals surface area contributed by atoms with Crippen molar-refractivity contribution in [2.75, 3.05) is 0 Å². The molecule has 1 rings (SSSR count). The number of phosphoric acid groups is 1. The normalized spacial score (nSPS) is 23.8. The standard InChI is InChI=1S/C31H45O6P/c1-6-17-25(2)22-23-29-20-16-15-19-27(4)30(37-38(33,34)35)21-14-12-10-8-7-9-11-13-18-26(3)28(5)24-31(32)36-29/h6-12,15-17,19,26,29-30H,1,5,13-14,18,20-24H2,2-4H3,(H2,33,34,35).